The van der Waals surface area contributed by atoms with Gasteiger partial charge in [-0.2, -0.15) is 0 Å². The average Bonchev–Trinajstić information content (AvgIpc) is 3.77. The van der Waals surface area contributed by atoms with Crippen LogP contribution < -0.4 is 20.3 Å². The van der Waals surface area contributed by atoms with Crippen LogP contribution in [-0.4, -0.2) is 11.5 Å². The molecule has 0 aliphatic carbocycles. The fourth-order valence-electron chi connectivity index (χ4n) is 8.69. The molecule has 0 bridgehead atoms. The zero-order chi connectivity index (χ0) is 34.6. The van der Waals surface area contributed by atoms with E-state index in [2.05, 4.69) is 162 Å². The molecule has 0 amide bonds. The van der Waals surface area contributed by atoms with Crippen molar-refractivity contribution in [3.63, 3.8) is 0 Å². The first-order valence-corrected chi connectivity index (χ1v) is 18.0. The molecule has 0 saturated carbocycles. The van der Waals surface area contributed by atoms with Crippen molar-refractivity contribution in [1.29, 1.82) is 0 Å². The van der Waals surface area contributed by atoms with E-state index in [9.17, 15) is 0 Å². The SMILES string of the molecule is c1cc(-c2ccc3c(c2)Oc2cccc4c2B3Oc2ccc(-c3cccc5c3oc3ccccc35)cc2-4)cc(-n2c3ccccc3c3ccccc32)c1. The molecule has 2 aliphatic rings. The zero-order valence-electron chi connectivity index (χ0n) is 28.4. The van der Waals surface area contributed by atoms with E-state index < -0.39 is 0 Å². The third-order valence-corrected chi connectivity index (χ3v) is 11.1. The van der Waals surface area contributed by atoms with E-state index in [1.54, 1.807) is 0 Å². The Hall–Kier alpha value is -6.98. The molecule has 0 fully saturated rings. The fraction of sp³-hybridized carbons (Fsp3) is 0. The minimum Gasteiger partial charge on any atom is -0.551 e. The molecular weight excluding hydrogens is 649 g/mol. The summed E-state index contributed by atoms with van der Waals surface area (Å²) in [4.78, 5) is 0. The minimum atomic E-state index is -0.278. The summed E-state index contributed by atoms with van der Waals surface area (Å²) in [7, 11) is 0. The molecule has 4 nitrogen and oxygen atoms in total. The van der Waals surface area contributed by atoms with E-state index in [0.29, 0.717) is 0 Å². The van der Waals surface area contributed by atoms with Gasteiger partial charge in [-0.25, -0.2) is 0 Å². The van der Waals surface area contributed by atoms with Gasteiger partial charge in [-0.1, -0.05) is 115 Å². The molecule has 0 radical (unpaired) electrons. The predicted octanol–water partition coefficient (Wildman–Crippen LogP) is 11.3. The Bertz CT molecular complexity index is 3100. The topological polar surface area (TPSA) is 36.5 Å². The van der Waals surface area contributed by atoms with Crippen molar-refractivity contribution >= 4 is 61.6 Å². The Balaban J connectivity index is 0.932. The average molecular weight is 678 g/mol. The van der Waals surface area contributed by atoms with Gasteiger partial charge in [-0.15, -0.1) is 0 Å². The third kappa shape index (κ3) is 4.13. The van der Waals surface area contributed by atoms with Gasteiger partial charge in [0.2, 0.25) is 0 Å². The summed E-state index contributed by atoms with van der Waals surface area (Å²) in [6, 6.07) is 59.9. The van der Waals surface area contributed by atoms with Gasteiger partial charge in [0.15, 0.2) is 0 Å². The van der Waals surface area contributed by atoms with E-state index in [1.165, 1.54) is 21.8 Å². The molecule has 0 atom stereocenters. The van der Waals surface area contributed by atoms with Gasteiger partial charge >= 0.3 is 6.92 Å². The monoisotopic (exact) mass is 677 g/mol. The van der Waals surface area contributed by atoms with Crippen molar-refractivity contribution in [3.8, 4) is 56.3 Å². The molecule has 0 unspecified atom stereocenters. The smallest absolute Gasteiger partial charge is 0.434 e. The normalized spacial score (nSPS) is 12.8. The van der Waals surface area contributed by atoms with Gasteiger partial charge in [0, 0.05) is 49.3 Å². The summed E-state index contributed by atoms with van der Waals surface area (Å²) in [5, 5.41) is 4.75. The van der Waals surface area contributed by atoms with E-state index in [0.717, 1.165) is 89.2 Å². The molecule has 12 rings (SSSR count). The second kappa shape index (κ2) is 10.8. The molecule has 53 heavy (non-hydrogen) atoms. The van der Waals surface area contributed by atoms with Gasteiger partial charge in [0.05, 0.1) is 11.0 Å². The lowest BCUT2D eigenvalue weighted by Gasteiger charge is -2.33. The van der Waals surface area contributed by atoms with Crippen molar-refractivity contribution in [1.82, 2.24) is 4.57 Å². The highest BCUT2D eigenvalue weighted by atomic mass is 16.5. The molecule has 0 spiro atoms. The molecule has 0 saturated heterocycles. The van der Waals surface area contributed by atoms with Crippen molar-refractivity contribution in [2.75, 3.05) is 0 Å². The summed E-state index contributed by atoms with van der Waals surface area (Å²) in [6.07, 6.45) is 0. The Morgan fingerprint density at radius 1 is 0.434 bits per heavy atom. The molecular formula is C48H28BNO3. The minimum absolute atomic E-state index is 0.278. The van der Waals surface area contributed by atoms with E-state index >= 15 is 0 Å². The first-order valence-electron chi connectivity index (χ1n) is 18.0. The van der Waals surface area contributed by atoms with Gasteiger partial charge in [-0.3, -0.25) is 0 Å². The van der Waals surface area contributed by atoms with Crippen molar-refractivity contribution in [3.05, 3.63) is 170 Å². The number of nitrogens with zero attached hydrogens (tertiary/aromatic N) is 1. The van der Waals surface area contributed by atoms with Gasteiger partial charge in [0.25, 0.3) is 0 Å². The second-order valence-corrected chi connectivity index (χ2v) is 14.0. The highest BCUT2D eigenvalue weighted by Crippen LogP contribution is 2.43. The number of aromatic nitrogens is 1. The highest BCUT2D eigenvalue weighted by molar-refractivity contribution is 6.84. The molecule has 4 heterocycles. The van der Waals surface area contributed by atoms with Gasteiger partial charge < -0.3 is 18.4 Å². The number of benzene rings is 8. The van der Waals surface area contributed by atoms with Crippen LogP contribution in [0.5, 0.6) is 17.2 Å². The Morgan fingerprint density at radius 3 is 2.00 bits per heavy atom. The first kappa shape index (κ1) is 28.7. The van der Waals surface area contributed by atoms with E-state index in [4.69, 9.17) is 13.8 Å². The molecule has 2 aromatic heterocycles. The fourth-order valence-corrected chi connectivity index (χ4v) is 8.69. The second-order valence-electron chi connectivity index (χ2n) is 14.0. The summed E-state index contributed by atoms with van der Waals surface area (Å²) < 4.78 is 22.4. The lowest BCUT2D eigenvalue weighted by atomic mass is 9.51. The third-order valence-electron chi connectivity index (χ3n) is 11.1. The van der Waals surface area contributed by atoms with E-state index in [-0.39, 0.29) is 6.92 Å². The van der Waals surface area contributed by atoms with Crippen LogP contribution in [-0.2, 0) is 0 Å². The number of hydrogen-bond donors (Lipinski definition) is 0. The lowest BCUT2D eigenvalue weighted by molar-refractivity contribution is 0.479. The van der Waals surface area contributed by atoms with Crippen molar-refractivity contribution in [2.45, 2.75) is 0 Å². The summed E-state index contributed by atoms with van der Waals surface area (Å²) in [6.45, 7) is -0.278. The number of ether oxygens (including phenoxy) is 1. The van der Waals surface area contributed by atoms with Crippen LogP contribution >= 0.6 is 0 Å². The summed E-state index contributed by atoms with van der Waals surface area (Å²) >= 11 is 0. The largest absolute Gasteiger partial charge is 0.551 e. The predicted molar refractivity (Wildman–Crippen MR) is 217 cm³/mol. The van der Waals surface area contributed by atoms with Crippen molar-refractivity contribution < 1.29 is 13.8 Å². The lowest BCUT2D eigenvalue weighted by Crippen LogP contribution is -2.53. The van der Waals surface area contributed by atoms with Gasteiger partial charge in [0.1, 0.15) is 28.4 Å². The number of hydrogen-bond acceptors (Lipinski definition) is 3. The zero-order valence-corrected chi connectivity index (χ0v) is 28.4. The van der Waals surface area contributed by atoms with Crippen LogP contribution in [0.1, 0.15) is 0 Å². The van der Waals surface area contributed by atoms with Crippen LogP contribution in [0.2, 0.25) is 0 Å². The number of para-hydroxylation sites is 4. The van der Waals surface area contributed by atoms with E-state index in [1.807, 2.05) is 12.1 Å². The number of furan rings is 1. The standard InChI is InChI=1S/C48H28BNO3/c1-4-18-41-34(12-1)35-13-2-5-19-42(35)50(41)32-11-7-10-29(26-32)30-22-24-40-46(28-30)51-45-21-9-16-37-39-27-31(23-25-44(39)53-49(40)47(37)45)33-15-8-17-38-36-14-3-6-20-43(36)52-48(33)38/h1-28H. The Morgan fingerprint density at radius 2 is 1.13 bits per heavy atom. The Labute approximate surface area is 305 Å². The van der Waals surface area contributed by atoms with Crippen LogP contribution in [0.15, 0.2) is 174 Å². The summed E-state index contributed by atoms with van der Waals surface area (Å²) in [5.41, 5.74) is 13.9. The summed E-state index contributed by atoms with van der Waals surface area (Å²) in [5.74, 6) is 2.50. The number of rotatable bonds is 3. The van der Waals surface area contributed by atoms with Crippen LogP contribution in [0, 0.1) is 0 Å². The maximum atomic E-state index is 6.88. The quantitative estimate of drug-likeness (QED) is 0.175. The highest BCUT2D eigenvalue weighted by Gasteiger charge is 2.40. The molecule has 10 aromatic rings. The maximum Gasteiger partial charge on any atom is 0.434 e. The molecule has 8 aromatic carbocycles. The van der Waals surface area contributed by atoms with Crippen LogP contribution in [0.3, 0.4) is 0 Å². The van der Waals surface area contributed by atoms with Crippen LogP contribution in [0.25, 0.3) is 82.8 Å². The van der Waals surface area contributed by atoms with Crippen molar-refractivity contribution in [2.24, 2.45) is 0 Å². The van der Waals surface area contributed by atoms with Crippen LogP contribution in [0.4, 0.5) is 0 Å². The molecule has 0 N–H and O–H groups in total. The number of fused-ring (bicyclic) bond motifs is 10. The molecule has 2 aliphatic heterocycles. The molecule has 246 valence electrons. The molecule has 5 heteroatoms. The maximum absolute atomic E-state index is 6.88. The first-order chi connectivity index (χ1) is 26.3. The Kier molecular flexibility index (Phi) is 5.83. The van der Waals surface area contributed by atoms with Gasteiger partial charge in [-0.05, 0) is 76.9 Å².